The van der Waals surface area contributed by atoms with Gasteiger partial charge in [-0.15, -0.1) is 0 Å². The number of carbonyl (C=O) groups excluding carboxylic acids is 1. The zero-order chi connectivity index (χ0) is 15.9. The lowest BCUT2D eigenvalue weighted by Crippen LogP contribution is -2.48. The van der Waals surface area contributed by atoms with E-state index in [0.717, 1.165) is 32.7 Å². The Balaban J connectivity index is 2.03. The Kier molecular flexibility index (Phi) is 6.18. The Hall–Kier alpha value is -1.63. The summed E-state index contributed by atoms with van der Waals surface area (Å²) in [7, 11) is 0. The van der Waals surface area contributed by atoms with Crippen LogP contribution in [0.1, 0.15) is 17.3 Å². The van der Waals surface area contributed by atoms with Crippen molar-refractivity contribution in [3.05, 3.63) is 29.8 Å². The molecule has 2 rings (SSSR count). The van der Waals surface area contributed by atoms with E-state index in [2.05, 4.69) is 17.1 Å². The van der Waals surface area contributed by atoms with Crippen LogP contribution in [0, 0.1) is 0 Å². The van der Waals surface area contributed by atoms with Gasteiger partial charge < -0.3 is 25.3 Å². The number of likely N-dealkylation sites (N-methyl/N-ethyl adjacent to an activating group) is 1. The molecule has 0 aromatic heterocycles. The number of piperazine rings is 1. The summed E-state index contributed by atoms with van der Waals surface area (Å²) in [5.74, 6) is 0.0114. The molecule has 1 fully saturated rings. The number of hydrogen-bond donors (Lipinski definition) is 3. The maximum Gasteiger partial charge on any atom is 0.256 e. The highest BCUT2D eigenvalue weighted by molar-refractivity contribution is 5.99. The molecule has 1 atom stereocenters. The molecule has 1 aromatic rings. The van der Waals surface area contributed by atoms with E-state index in [1.54, 1.807) is 6.07 Å². The van der Waals surface area contributed by atoms with E-state index < -0.39 is 6.10 Å². The summed E-state index contributed by atoms with van der Waals surface area (Å²) in [4.78, 5) is 16.9. The highest BCUT2D eigenvalue weighted by Gasteiger charge is 2.23. The maximum absolute atomic E-state index is 12.7. The number of nitrogens with one attached hydrogen (secondary N) is 1. The molecule has 6 nitrogen and oxygen atoms in total. The minimum Gasteiger partial charge on any atom is -0.394 e. The van der Waals surface area contributed by atoms with Gasteiger partial charge in [-0.05, 0) is 18.7 Å². The third kappa shape index (κ3) is 4.19. The van der Waals surface area contributed by atoms with Crippen molar-refractivity contribution in [3.63, 3.8) is 0 Å². The molecule has 22 heavy (non-hydrogen) atoms. The molecular weight excluding hydrogens is 282 g/mol. The van der Waals surface area contributed by atoms with Gasteiger partial charge in [0.15, 0.2) is 0 Å². The van der Waals surface area contributed by atoms with Crippen LogP contribution in [-0.2, 0) is 0 Å². The van der Waals surface area contributed by atoms with Crippen molar-refractivity contribution in [1.29, 1.82) is 0 Å². The van der Waals surface area contributed by atoms with Crippen LogP contribution in [0.15, 0.2) is 24.3 Å². The number of benzene rings is 1. The molecule has 1 aliphatic heterocycles. The molecule has 0 bridgehead atoms. The fourth-order valence-corrected chi connectivity index (χ4v) is 2.55. The van der Waals surface area contributed by atoms with Gasteiger partial charge in [0, 0.05) is 38.4 Å². The third-order valence-corrected chi connectivity index (χ3v) is 4.00. The summed E-state index contributed by atoms with van der Waals surface area (Å²) in [6.45, 7) is 6.33. The Morgan fingerprint density at radius 2 is 1.95 bits per heavy atom. The standard InChI is InChI=1S/C16H25N3O3/c1-2-18-7-9-19(10-8-18)16(22)14-5-3-4-6-15(14)17-11-13(21)12-20/h3-6,13,17,20-21H,2,7-12H2,1H3. The first-order valence-electron chi connectivity index (χ1n) is 7.79. The number of aliphatic hydroxyl groups is 2. The van der Waals surface area contributed by atoms with E-state index in [-0.39, 0.29) is 19.1 Å². The van der Waals surface area contributed by atoms with Crippen LogP contribution >= 0.6 is 0 Å². The number of nitrogens with zero attached hydrogens (tertiary/aromatic N) is 2. The van der Waals surface area contributed by atoms with Crippen LogP contribution in [0.4, 0.5) is 5.69 Å². The molecule has 0 saturated carbocycles. The normalized spacial score (nSPS) is 17.3. The quantitative estimate of drug-likeness (QED) is 0.701. The fourth-order valence-electron chi connectivity index (χ4n) is 2.55. The van der Waals surface area contributed by atoms with Crippen LogP contribution in [-0.4, -0.2) is 77.9 Å². The van der Waals surface area contributed by atoms with Crippen molar-refractivity contribution in [2.24, 2.45) is 0 Å². The Morgan fingerprint density at radius 3 is 2.59 bits per heavy atom. The number of para-hydroxylation sites is 1. The van der Waals surface area contributed by atoms with Gasteiger partial charge in [0.25, 0.3) is 5.91 Å². The molecule has 1 aromatic carbocycles. The molecular formula is C16H25N3O3. The number of aliphatic hydroxyl groups excluding tert-OH is 2. The van der Waals surface area contributed by atoms with E-state index in [0.29, 0.717) is 11.3 Å². The molecule has 0 spiro atoms. The number of hydrogen-bond acceptors (Lipinski definition) is 5. The second-order valence-corrected chi connectivity index (χ2v) is 5.49. The molecule has 3 N–H and O–H groups in total. The van der Waals surface area contributed by atoms with Gasteiger partial charge in [0.1, 0.15) is 0 Å². The first-order chi connectivity index (χ1) is 10.7. The van der Waals surface area contributed by atoms with E-state index in [4.69, 9.17) is 5.11 Å². The predicted molar refractivity (Wildman–Crippen MR) is 86.0 cm³/mol. The largest absolute Gasteiger partial charge is 0.394 e. The van der Waals surface area contributed by atoms with Gasteiger partial charge in [-0.3, -0.25) is 4.79 Å². The van der Waals surface area contributed by atoms with Gasteiger partial charge in [-0.2, -0.15) is 0 Å². The summed E-state index contributed by atoms with van der Waals surface area (Å²) in [5.41, 5.74) is 1.30. The number of anilines is 1. The van der Waals surface area contributed by atoms with Gasteiger partial charge in [0.05, 0.1) is 18.3 Å². The summed E-state index contributed by atoms with van der Waals surface area (Å²) < 4.78 is 0. The van der Waals surface area contributed by atoms with Crippen molar-refractivity contribution < 1.29 is 15.0 Å². The number of rotatable bonds is 6. The highest BCUT2D eigenvalue weighted by Crippen LogP contribution is 2.18. The SMILES string of the molecule is CCN1CCN(C(=O)c2ccccc2NCC(O)CO)CC1. The molecule has 1 heterocycles. The predicted octanol–water partition coefficient (Wildman–Crippen LogP) is 0.229. The lowest BCUT2D eigenvalue weighted by atomic mass is 10.1. The number of carbonyl (C=O) groups is 1. The lowest BCUT2D eigenvalue weighted by molar-refractivity contribution is 0.0644. The maximum atomic E-state index is 12.7. The van der Waals surface area contributed by atoms with Crippen molar-refractivity contribution in [1.82, 2.24) is 9.80 Å². The Morgan fingerprint density at radius 1 is 1.27 bits per heavy atom. The summed E-state index contributed by atoms with van der Waals surface area (Å²) >= 11 is 0. The Labute approximate surface area is 131 Å². The van der Waals surface area contributed by atoms with E-state index >= 15 is 0 Å². The van der Waals surface area contributed by atoms with Gasteiger partial charge >= 0.3 is 0 Å². The zero-order valence-electron chi connectivity index (χ0n) is 13.0. The second kappa shape index (κ2) is 8.12. The van der Waals surface area contributed by atoms with Crippen LogP contribution in [0.5, 0.6) is 0 Å². The minimum atomic E-state index is -0.837. The lowest BCUT2D eigenvalue weighted by Gasteiger charge is -2.34. The van der Waals surface area contributed by atoms with Gasteiger partial charge in [-0.1, -0.05) is 19.1 Å². The molecule has 1 unspecified atom stereocenters. The average molecular weight is 307 g/mol. The monoisotopic (exact) mass is 307 g/mol. The van der Waals surface area contributed by atoms with E-state index in [1.807, 2.05) is 23.1 Å². The van der Waals surface area contributed by atoms with Crippen LogP contribution < -0.4 is 5.32 Å². The van der Waals surface area contributed by atoms with Crippen LogP contribution in [0.2, 0.25) is 0 Å². The molecule has 6 heteroatoms. The first-order valence-corrected chi connectivity index (χ1v) is 7.79. The smallest absolute Gasteiger partial charge is 0.256 e. The summed E-state index contributed by atoms with van der Waals surface area (Å²) in [5, 5.41) is 21.3. The molecule has 0 aliphatic carbocycles. The van der Waals surface area contributed by atoms with Crippen LogP contribution in [0.3, 0.4) is 0 Å². The molecule has 1 aliphatic rings. The average Bonchev–Trinajstić information content (AvgIpc) is 2.59. The third-order valence-electron chi connectivity index (χ3n) is 4.00. The van der Waals surface area contributed by atoms with Crippen LogP contribution in [0.25, 0.3) is 0 Å². The summed E-state index contributed by atoms with van der Waals surface area (Å²) in [6, 6.07) is 7.30. The first kappa shape index (κ1) is 16.7. The van der Waals surface area contributed by atoms with Gasteiger partial charge in [-0.25, -0.2) is 0 Å². The Bertz CT molecular complexity index is 487. The van der Waals surface area contributed by atoms with Crippen molar-refractivity contribution >= 4 is 11.6 Å². The molecule has 1 amide bonds. The van der Waals surface area contributed by atoms with Crippen molar-refractivity contribution in [2.75, 3.05) is 51.2 Å². The van der Waals surface area contributed by atoms with Crippen molar-refractivity contribution in [2.45, 2.75) is 13.0 Å². The highest BCUT2D eigenvalue weighted by atomic mass is 16.3. The van der Waals surface area contributed by atoms with Gasteiger partial charge in [0.2, 0.25) is 0 Å². The number of amides is 1. The second-order valence-electron chi connectivity index (χ2n) is 5.49. The molecule has 122 valence electrons. The van der Waals surface area contributed by atoms with Crippen molar-refractivity contribution in [3.8, 4) is 0 Å². The summed E-state index contributed by atoms with van der Waals surface area (Å²) in [6.07, 6.45) is -0.837. The van der Waals surface area contributed by atoms with E-state index in [1.165, 1.54) is 0 Å². The molecule has 0 radical (unpaired) electrons. The van der Waals surface area contributed by atoms with E-state index in [9.17, 15) is 9.90 Å². The topological polar surface area (TPSA) is 76.0 Å². The molecule has 1 saturated heterocycles. The minimum absolute atomic E-state index is 0.0114. The zero-order valence-corrected chi connectivity index (χ0v) is 13.0. The fraction of sp³-hybridized carbons (Fsp3) is 0.562.